The Kier molecular flexibility index (Phi) is 10.1. The topological polar surface area (TPSA) is 94.9 Å². The monoisotopic (exact) mass is 227 g/mol. The van der Waals surface area contributed by atoms with Crippen LogP contribution in [0.15, 0.2) is 9.98 Å². The van der Waals surface area contributed by atoms with Crippen molar-refractivity contribution in [3.63, 3.8) is 0 Å². The Hall–Kier alpha value is -1.76. The van der Waals surface area contributed by atoms with Crippen LogP contribution in [-0.4, -0.2) is 51.7 Å². The Labute approximate surface area is 94.4 Å². The third-order valence-corrected chi connectivity index (χ3v) is 1.55. The first-order chi connectivity index (χ1) is 7.81. The lowest BCUT2D eigenvalue weighted by Gasteiger charge is -1.99. The van der Waals surface area contributed by atoms with Gasteiger partial charge >= 0.3 is 0 Å². The number of carbonyl (C=O) groups is 2. The number of hydrogen-bond donors (Lipinski definition) is 3. The summed E-state index contributed by atoms with van der Waals surface area (Å²) < 4.78 is 0. The van der Waals surface area contributed by atoms with Gasteiger partial charge < -0.3 is 10.6 Å². The fourth-order valence-electron chi connectivity index (χ4n) is 0.772. The summed E-state index contributed by atoms with van der Waals surface area (Å²) in [4.78, 5) is 28.1. The molecular weight excluding hydrogens is 210 g/mol. The standard InChI is InChI=1S/C9H17N5O2/c1-10-9(16)5-13-7-14-6-11-3-2-4-12-8-15/h5,7-8,11H,2-4,6H2,1H3,(H,10,16)(H,12,15)/b13-5+,14-7-. The van der Waals surface area contributed by atoms with Gasteiger partial charge in [0.05, 0.1) is 12.9 Å². The molecule has 0 aromatic carbocycles. The van der Waals surface area contributed by atoms with Gasteiger partial charge in [0.15, 0.2) is 0 Å². The normalized spacial score (nSPS) is 10.8. The molecule has 0 aliphatic carbocycles. The molecule has 0 rings (SSSR count). The summed E-state index contributed by atoms with van der Waals surface area (Å²) in [5, 5.41) is 7.96. The third-order valence-electron chi connectivity index (χ3n) is 1.55. The van der Waals surface area contributed by atoms with Crippen molar-refractivity contribution in [1.29, 1.82) is 0 Å². The Bertz CT molecular complexity index is 252. The predicted octanol–water partition coefficient (Wildman–Crippen LogP) is -1.49. The fraction of sp³-hybridized carbons (Fsp3) is 0.556. The summed E-state index contributed by atoms with van der Waals surface area (Å²) in [6.07, 6.45) is 3.98. The van der Waals surface area contributed by atoms with E-state index in [1.807, 2.05) is 0 Å². The molecule has 2 amide bonds. The number of rotatable bonds is 9. The first-order valence-electron chi connectivity index (χ1n) is 4.92. The molecule has 0 heterocycles. The molecule has 0 unspecified atom stereocenters. The van der Waals surface area contributed by atoms with Crippen LogP contribution in [0.3, 0.4) is 0 Å². The van der Waals surface area contributed by atoms with E-state index in [9.17, 15) is 9.59 Å². The third kappa shape index (κ3) is 10.3. The van der Waals surface area contributed by atoms with E-state index in [1.54, 1.807) is 0 Å². The molecule has 0 fully saturated rings. The summed E-state index contributed by atoms with van der Waals surface area (Å²) >= 11 is 0. The van der Waals surface area contributed by atoms with Gasteiger partial charge in [-0.3, -0.25) is 19.9 Å². The number of hydrogen-bond acceptors (Lipinski definition) is 4. The van der Waals surface area contributed by atoms with Gasteiger partial charge in [0, 0.05) is 13.6 Å². The summed E-state index contributed by atoms with van der Waals surface area (Å²) in [5.41, 5.74) is 0. The quantitative estimate of drug-likeness (QED) is 0.194. The first-order valence-corrected chi connectivity index (χ1v) is 4.92. The van der Waals surface area contributed by atoms with Crippen molar-refractivity contribution in [2.24, 2.45) is 9.98 Å². The average molecular weight is 227 g/mol. The highest BCUT2D eigenvalue weighted by atomic mass is 16.1. The molecule has 7 heteroatoms. The molecule has 3 N–H and O–H groups in total. The van der Waals surface area contributed by atoms with Gasteiger partial charge in [-0.1, -0.05) is 0 Å². The Balaban J connectivity index is 3.31. The Morgan fingerprint density at radius 3 is 2.88 bits per heavy atom. The molecule has 0 saturated carbocycles. The summed E-state index contributed by atoms with van der Waals surface area (Å²) in [7, 11) is 1.53. The molecule has 0 bridgehead atoms. The minimum atomic E-state index is -0.264. The van der Waals surface area contributed by atoms with Crippen molar-refractivity contribution in [1.82, 2.24) is 16.0 Å². The number of aliphatic imine (C=N–C) groups is 2. The lowest BCUT2D eigenvalue weighted by Crippen LogP contribution is -2.21. The molecule has 0 radical (unpaired) electrons. The zero-order valence-electron chi connectivity index (χ0n) is 9.27. The predicted molar refractivity (Wildman–Crippen MR) is 62.6 cm³/mol. The van der Waals surface area contributed by atoms with Crippen LogP contribution in [0.5, 0.6) is 0 Å². The molecule has 0 aliphatic heterocycles. The maximum atomic E-state index is 10.7. The highest BCUT2D eigenvalue weighted by Crippen LogP contribution is 1.72. The minimum Gasteiger partial charge on any atom is -0.359 e. The van der Waals surface area contributed by atoms with Gasteiger partial charge in [-0.15, -0.1) is 0 Å². The smallest absolute Gasteiger partial charge is 0.262 e. The van der Waals surface area contributed by atoms with Gasteiger partial charge in [0.2, 0.25) is 6.41 Å². The molecule has 0 atom stereocenters. The highest BCUT2D eigenvalue weighted by molar-refractivity contribution is 6.27. The van der Waals surface area contributed by atoms with E-state index in [0.717, 1.165) is 19.2 Å². The number of amides is 2. The fourth-order valence-corrected chi connectivity index (χ4v) is 0.772. The lowest BCUT2D eigenvalue weighted by atomic mass is 10.4. The van der Waals surface area contributed by atoms with E-state index in [0.29, 0.717) is 19.6 Å². The van der Waals surface area contributed by atoms with Crippen LogP contribution < -0.4 is 16.0 Å². The molecule has 16 heavy (non-hydrogen) atoms. The van der Waals surface area contributed by atoms with E-state index in [4.69, 9.17) is 0 Å². The molecular formula is C9H17N5O2. The van der Waals surface area contributed by atoms with Crippen molar-refractivity contribution in [3.8, 4) is 0 Å². The number of nitrogens with one attached hydrogen (secondary N) is 3. The lowest BCUT2D eigenvalue weighted by molar-refractivity contribution is -0.114. The first kappa shape index (κ1) is 14.2. The van der Waals surface area contributed by atoms with Gasteiger partial charge in [0.1, 0.15) is 6.34 Å². The summed E-state index contributed by atoms with van der Waals surface area (Å²) in [6, 6.07) is 0. The van der Waals surface area contributed by atoms with Crippen LogP contribution in [0.25, 0.3) is 0 Å². The minimum absolute atomic E-state index is 0.264. The molecule has 7 nitrogen and oxygen atoms in total. The van der Waals surface area contributed by atoms with Crippen LogP contribution in [0.2, 0.25) is 0 Å². The van der Waals surface area contributed by atoms with Gasteiger partial charge in [-0.2, -0.15) is 0 Å². The zero-order chi connectivity index (χ0) is 12.1. The van der Waals surface area contributed by atoms with E-state index in [-0.39, 0.29) is 5.91 Å². The SMILES string of the molecule is CNC(=O)/C=N/C=N\CNCCCNC=O. The van der Waals surface area contributed by atoms with Gasteiger partial charge in [-0.25, -0.2) is 4.99 Å². The van der Waals surface area contributed by atoms with Crippen LogP contribution in [0.1, 0.15) is 6.42 Å². The Morgan fingerprint density at radius 2 is 2.19 bits per heavy atom. The molecule has 0 aliphatic rings. The molecule has 90 valence electrons. The zero-order valence-corrected chi connectivity index (χ0v) is 9.27. The molecule has 0 saturated heterocycles. The number of nitrogens with zero attached hydrogens (tertiary/aromatic N) is 2. The Morgan fingerprint density at radius 1 is 1.38 bits per heavy atom. The second-order valence-electron chi connectivity index (χ2n) is 2.77. The molecule has 0 spiro atoms. The second kappa shape index (κ2) is 11.3. The van der Waals surface area contributed by atoms with Gasteiger partial charge in [-0.05, 0) is 13.0 Å². The van der Waals surface area contributed by atoms with Crippen LogP contribution in [-0.2, 0) is 9.59 Å². The largest absolute Gasteiger partial charge is 0.359 e. The van der Waals surface area contributed by atoms with Crippen molar-refractivity contribution >= 4 is 24.9 Å². The van der Waals surface area contributed by atoms with E-state index >= 15 is 0 Å². The maximum absolute atomic E-state index is 10.7. The van der Waals surface area contributed by atoms with Crippen LogP contribution in [0, 0.1) is 0 Å². The van der Waals surface area contributed by atoms with Crippen LogP contribution >= 0.6 is 0 Å². The van der Waals surface area contributed by atoms with E-state index in [1.165, 1.54) is 13.4 Å². The summed E-state index contributed by atoms with van der Waals surface area (Å²) in [6.45, 7) is 1.85. The van der Waals surface area contributed by atoms with E-state index < -0.39 is 0 Å². The van der Waals surface area contributed by atoms with Crippen molar-refractivity contribution in [3.05, 3.63) is 0 Å². The van der Waals surface area contributed by atoms with Gasteiger partial charge in [0.25, 0.3) is 5.91 Å². The highest BCUT2D eigenvalue weighted by Gasteiger charge is 1.86. The summed E-state index contributed by atoms with van der Waals surface area (Å²) in [5.74, 6) is -0.264. The molecule has 0 aromatic rings. The van der Waals surface area contributed by atoms with Crippen molar-refractivity contribution < 1.29 is 9.59 Å². The van der Waals surface area contributed by atoms with E-state index in [2.05, 4.69) is 25.9 Å². The average Bonchev–Trinajstić information content (AvgIpc) is 2.31. The van der Waals surface area contributed by atoms with Crippen molar-refractivity contribution in [2.45, 2.75) is 6.42 Å². The number of carbonyl (C=O) groups excluding carboxylic acids is 2. The molecule has 0 aromatic heterocycles. The van der Waals surface area contributed by atoms with Crippen molar-refractivity contribution in [2.75, 3.05) is 26.8 Å². The second-order valence-corrected chi connectivity index (χ2v) is 2.77. The van der Waals surface area contributed by atoms with Crippen LogP contribution in [0.4, 0.5) is 0 Å². The maximum Gasteiger partial charge on any atom is 0.262 e.